The van der Waals surface area contributed by atoms with E-state index in [9.17, 15) is 0 Å². The van der Waals surface area contributed by atoms with E-state index in [1.165, 1.54) is 0 Å². The van der Waals surface area contributed by atoms with Gasteiger partial charge in [-0.2, -0.15) is 0 Å². The Labute approximate surface area is 38.2 Å². The molecular weight excluding hydrogens is 72.1 g/mol. The fourth-order valence-electron chi connectivity index (χ4n) is 0.428. The van der Waals surface area contributed by atoms with Gasteiger partial charge in [0, 0.05) is 0 Å². The third-order valence-corrected chi connectivity index (χ3v) is 0.903. The Morgan fingerprint density at radius 2 is 2.33 bits per heavy atom. The molecule has 0 saturated heterocycles. The second-order valence-corrected chi connectivity index (χ2v) is 1.57. The standard InChI is InChI=1S/C6H8/c1-2-3-6-4-5-6/h2,4-6H,1,3H2. The minimum absolute atomic E-state index is 0.780. The second-order valence-electron chi connectivity index (χ2n) is 1.57. The van der Waals surface area contributed by atoms with E-state index in [2.05, 4.69) is 18.7 Å². The molecule has 0 spiro atoms. The lowest BCUT2D eigenvalue weighted by atomic mass is 10.3. The average molecular weight is 80.1 g/mol. The molecule has 0 nitrogen and oxygen atoms in total. The van der Waals surface area contributed by atoms with Gasteiger partial charge in [0.2, 0.25) is 0 Å². The lowest BCUT2D eigenvalue weighted by molar-refractivity contribution is 0.945. The molecule has 0 aromatic carbocycles. The fourth-order valence-corrected chi connectivity index (χ4v) is 0.428. The summed E-state index contributed by atoms with van der Waals surface area (Å²) in [7, 11) is 0. The van der Waals surface area contributed by atoms with Crippen LogP contribution in [0.4, 0.5) is 0 Å². The van der Waals surface area contributed by atoms with E-state index < -0.39 is 0 Å². The van der Waals surface area contributed by atoms with Gasteiger partial charge >= 0.3 is 0 Å². The summed E-state index contributed by atoms with van der Waals surface area (Å²) in [5.41, 5.74) is 0. The molecule has 0 fully saturated rings. The first kappa shape index (κ1) is 3.66. The SMILES string of the molecule is C=CCC1C=C1. The zero-order chi connectivity index (χ0) is 4.41. The van der Waals surface area contributed by atoms with Crippen molar-refractivity contribution in [2.75, 3.05) is 0 Å². The molecule has 1 aliphatic rings. The van der Waals surface area contributed by atoms with E-state index in [4.69, 9.17) is 0 Å². The van der Waals surface area contributed by atoms with Gasteiger partial charge in [0.05, 0.1) is 0 Å². The van der Waals surface area contributed by atoms with Crippen LogP contribution in [0.15, 0.2) is 24.8 Å². The van der Waals surface area contributed by atoms with Crippen LogP contribution in [0.5, 0.6) is 0 Å². The first-order valence-electron chi connectivity index (χ1n) is 2.22. The Balaban J connectivity index is 2.04. The van der Waals surface area contributed by atoms with Crippen LogP contribution in [0.3, 0.4) is 0 Å². The summed E-state index contributed by atoms with van der Waals surface area (Å²) in [6.45, 7) is 3.60. The Kier molecular flexibility index (Phi) is 0.789. The smallest absolute Gasteiger partial charge is 0.00186 e. The Bertz CT molecular complexity index is 74.0. The lowest BCUT2D eigenvalue weighted by Gasteiger charge is -1.79. The maximum absolute atomic E-state index is 3.60. The summed E-state index contributed by atoms with van der Waals surface area (Å²) in [5, 5.41) is 0. The van der Waals surface area contributed by atoms with E-state index in [0.29, 0.717) is 0 Å². The van der Waals surface area contributed by atoms with E-state index >= 15 is 0 Å². The maximum atomic E-state index is 3.60. The molecule has 0 unspecified atom stereocenters. The first-order valence-corrected chi connectivity index (χ1v) is 2.22. The predicted molar refractivity (Wildman–Crippen MR) is 27.4 cm³/mol. The van der Waals surface area contributed by atoms with Crippen LogP contribution in [0.2, 0.25) is 0 Å². The molecule has 0 atom stereocenters. The van der Waals surface area contributed by atoms with Crippen LogP contribution in [-0.4, -0.2) is 0 Å². The minimum Gasteiger partial charge on any atom is -0.103 e. The minimum atomic E-state index is 0.780. The van der Waals surface area contributed by atoms with Gasteiger partial charge in [-0.25, -0.2) is 0 Å². The van der Waals surface area contributed by atoms with Crippen molar-refractivity contribution < 1.29 is 0 Å². The van der Waals surface area contributed by atoms with Crippen molar-refractivity contribution in [1.82, 2.24) is 0 Å². The fraction of sp³-hybridized carbons (Fsp3) is 0.333. The summed E-state index contributed by atoms with van der Waals surface area (Å²) >= 11 is 0. The van der Waals surface area contributed by atoms with Crippen LogP contribution in [0, 0.1) is 5.92 Å². The van der Waals surface area contributed by atoms with Gasteiger partial charge in [0.1, 0.15) is 0 Å². The highest BCUT2D eigenvalue weighted by molar-refractivity contribution is 5.14. The molecule has 0 amide bonds. The van der Waals surface area contributed by atoms with Crippen LogP contribution in [0.25, 0.3) is 0 Å². The molecule has 1 aliphatic carbocycles. The molecule has 0 aliphatic heterocycles. The summed E-state index contributed by atoms with van der Waals surface area (Å²) in [4.78, 5) is 0. The Morgan fingerprint density at radius 1 is 1.67 bits per heavy atom. The van der Waals surface area contributed by atoms with Crippen LogP contribution < -0.4 is 0 Å². The zero-order valence-corrected chi connectivity index (χ0v) is 3.72. The Hall–Kier alpha value is -0.520. The third kappa shape index (κ3) is 0.713. The van der Waals surface area contributed by atoms with Gasteiger partial charge in [0.15, 0.2) is 0 Å². The predicted octanol–water partition coefficient (Wildman–Crippen LogP) is 1.75. The molecule has 0 radical (unpaired) electrons. The van der Waals surface area contributed by atoms with Gasteiger partial charge in [0.25, 0.3) is 0 Å². The number of rotatable bonds is 2. The summed E-state index contributed by atoms with van der Waals surface area (Å²) < 4.78 is 0. The van der Waals surface area contributed by atoms with Crippen molar-refractivity contribution in [2.24, 2.45) is 5.92 Å². The van der Waals surface area contributed by atoms with Crippen LogP contribution in [0.1, 0.15) is 6.42 Å². The summed E-state index contributed by atoms with van der Waals surface area (Å²) in [5.74, 6) is 0.780. The molecule has 0 N–H and O–H groups in total. The largest absolute Gasteiger partial charge is 0.103 e. The van der Waals surface area contributed by atoms with Crippen molar-refractivity contribution in [1.29, 1.82) is 0 Å². The van der Waals surface area contributed by atoms with Crippen molar-refractivity contribution >= 4 is 0 Å². The van der Waals surface area contributed by atoms with E-state index in [0.717, 1.165) is 12.3 Å². The Morgan fingerprint density at radius 3 is 2.50 bits per heavy atom. The zero-order valence-electron chi connectivity index (χ0n) is 3.72. The topological polar surface area (TPSA) is 0 Å². The molecule has 0 saturated carbocycles. The molecular formula is C6H8. The van der Waals surface area contributed by atoms with E-state index in [1.807, 2.05) is 6.08 Å². The van der Waals surface area contributed by atoms with Crippen molar-refractivity contribution in [3.63, 3.8) is 0 Å². The van der Waals surface area contributed by atoms with Crippen LogP contribution in [-0.2, 0) is 0 Å². The van der Waals surface area contributed by atoms with Gasteiger partial charge in [-0.15, -0.1) is 6.58 Å². The summed E-state index contributed by atoms with van der Waals surface area (Å²) in [6.07, 6.45) is 7.45. The normalized spacial score (nSPS) is 18.0. The van der Waals surface area contributed by atoms with Crippen molar-refractivity contribution in [3.05, 3.63) is 24.8 Å². The first-order chi connectivity index (χ1) is 2.93. The average Bonchev–Trinajstić information content (AvgIpc) is 2.21. The molecule has 6 heavy (non-hydrogen) atoms. The molecule has 0 heteroatoms. The summed E-state index contributed by atoms with van der Waals surface area (Å²) in [6, 6.07) is 0. The number of allylic oxidation sites excluding steroid dienone is 3. The molecule has 0 aromatic rings. The molecule has 0 heterocycles. The van der Waals surface area contributed by atoms with Gasteiger partial charge < -0.3 is 0 Å². The molecule has 0 bridgehead atoms. The number of hydrogen-bond donors (Lipinski definition) is 0. The van der Waals surface area contributed by atoms with Crippen molar-refractivity contribution in [2.45, 2.75) is 6.42 Å². The number of hydrogen-bond acceptors (Lipinski definition) is 0. The maximum Gasteiger partial charge on any atom is -0.00186 e. The van der Waals surface area contributed by atoms with Gasteiger partial charge in [-0.3, -0.25) is 0 Å². The highest BCUT2D eigenvalue weighted by atomic mass is 14.1. The van der Waals surface area contributed by atoms with Crippen molar-refractivity contribution in [3.8, 4) is 0 Å². The van der Waals surface area contributed by atoms with Gasteiger partial charge in [-0.1, -0.05) is 18.2 Å². The van der Waals surface area contributed by atoms with Gasteiger partial charge in [-0.05, 0) is 12.3 Å². The molecule has 1 rings (SSSR count). The third-order valence-electron chi connectivity index (χ3n) is 0.903. The second kappa shape index (κ2) is 1.29. The quantitative estimate of drug-likeness (QED) is 0.443. The molecule has 0 aromatic heterocycles. The highest BCUT2D eigenvalue weighted by Gasteiger charge is 2.05. The highest BCUT2D eigenvalue weighted by Crippen LogP contribution is 2.19. The lowest BCUT2D eigenvalue weighted by Crippen LogP contribution is -1.66. The monoisotopic (exact) mass is 80.1 g/mol. The van der Waals surface area contributed by atoms with E-state index in [-0.39, 0.29) is 0 Å². The van der Waals surface area contributed by atoms with Crippen LogP contribution >= 0.6 is 0 Å². The van der Waals surface area contributed by atoms with E-state index in [1.54, 1.807) is 0 Å². The molecule has 32 valence electrons.